The maximum Gasteiger partial charge on any atom is 0.190 e. The van der Waals surface area contributed by atoms with Gasteiger partial charge in [-0.1, -0.05) is 19.8 Å². The van der Waals surface area contributed by atoms with Crippen LogP contribution in [0.4, 0.5) is 0 Å². The Kier molecular flexibility index (Phi) is 5.04. The molecule has 6 heteroatoms. The molecule has 4 atom stereocenters. The smallest absolute Gasteiger partial charge is 0.190 e. The van der Waals surface area contributed by atoms with Gasteiger partial charge in [0.1, 0.15) is 18.8 Å². The number of hydrogen-bond donors (Lipinski definition) is 0. The van der Waals surface area contributed by atoms with Crippen molar-refractivity contribution >= 4 is 0 Å². The molecule has 1 saturated carbocycles. The van der Waals surface area contributed by atoms with Gasteiger partial charge in [-0.05, 0) is 19.3 Å². The summed E-state index contributed by atoms with van der Waals surface area (Å²) in [6.07, 6.45) is 8.34. The van der Waals surface area contributed by atoms with E-state index in [1.165, 1.54) is 6.42 Å². The lowest BCUT2D eigenvalue weighted by Gasteiger charge is -2.34. The van der Waals surface area contributed by atoms with Crippen molar-refractivity contribution in [2.75, 3.05) is 7.11 Å². The Balaban J connectivity index is 1.45. The van der Waals surface area contributed by atoms with Gasteiger partial charge in [-0.2, -0.15) is 0 Å². The van der Waals surface area contributed by atoms with E-state index < -0.39 is 5.79 Å². The lowest BCUT2D eigenvalue weighted by Crippen LogP contribution is -2.40. The number of fused-ring (bicyclic) bond motifs is 1. The maximum atomic E-state index is 6.40. The van der Waals surface area contributed by atoms with Gasteiger partial charge >= 0.3 is 0 Å². The van der Waals surface area contributed by atoms with Gasteiger partial charge in [0.15, 0.2) is 23.6 Å². The van der Waals surface area contributed by atoms with Crippen LogP contribution in [0.15, 0.2) is 16.7 Å². The lowest BCUT2D eigenvalue weighted by molar-refractivity contribution is -0.249. The average Bonchev–Trinajstić information content (AvgIpc) is 3.28. The Morgan fingerprint density at radius 2 is 2.04 bits per heavy atom. The highest BCUT2D eigenvalue weighted by Gasteiger charge is 2.58. The van der Waals surface area contributed by atoms with Gasteiger partial charge in [0.25, 0.3) is 0 Å². The summed E-state index contributed by atoms with van der Waals surface area (Å²) in [5.41, 5.74) is 0. The highest BCUT2D eigenvalue weighted by Crippen LogP contribution is 2.46. The van der Waals surface area contributed by atoms with Crippen LogP contribution >= 0.6 is 0 Å². The number of rotatable bonds is 6. The number of furan rings is 1. The predicted octanol–water partition coefficient (Wildman–Crippen LogP) is 3.77. The van der Waals surface area contributed by atoms with Crippen molar-refractivity contribution in [3.05, 3.63) is 18.1 Å². The van der Waals surface area contributed by atoms with Crippen LogP contribution in [-0.4, -0.2) is 37.5 Å². The van der Waals surface area contributed by atoms with Crippen molar-refractivity contribution in [2.24, 2.45) is 0 Å². The van der Waals surface area contributed by atoms with Gasteiger partial charge in [-0.25, -0.2) is 0 Å². The van der Waals surface area contributed by atoms with E-state index in [9.17, 15) is 0 Å². The van der Waals surface area contributed by atoms with Crippen molar-refractivity contribution < 1.29 is 28.1 Å². The van der Waals surface area contributed by atoms with Gasteiger partial charge in [0, 0.05) is 18.9 Å². The predicted molar refractivity (Wildman–Crippen MR) is 89.2 cm³/mol. The summed E-state index contributed by atoms with van der Waals surface area (Å²) in [6, 6.07) is 1.79. The quantitative estimate of drug-likeness (QED) is 0.777. The first kappa shape index (κ1) is 17.3. The highest BCUT2D eigenvalue weighted by molar-refractivity contribution is 5.23. The highest BCUT2D eigenvalue weighted by atomic mass is 16.8. The van der Waals surface area contributed by atoms with E-state index in [0.29, 0.717) is 18.1 Å². The van der Waals surface area contributed by atoms with E-state index in [1.807, 2.05) is 0 Å². The van der Waals surface area contributed by atoms with Crippen molar-refractivity contribution in [1.29, 1.82) is 0 Å². The van der Waals surface area contributed by atoms with Crippen LogP contribution in [0.1, 0.15) is 57.6 Å². The second-order valence-electron chi connectivity index (χ2n) is 7.19. The molecule has 0 bridgehead atoms. The molecule has 3 fully saturated rings. The van der Waals surface area contributed by atoms with Crippen LogP contribution < -0.4 is 4.74 Å². The monoisotopic (exact) mass is 352 g/mol. The molecule has 1 aromatic heterocycles. The maximum absolute atomic E-state index is 6.40. The minimum atomic E-state index is -0.464. The van der Waals surface area contributed by atoms with Crippen molar-refractivity contribution in [3.8, 4) is 5.75 Å². The van der Waals surface area contributed by atoms with Crippen LogP contribution in [0.5, 0.6) is 5.75 Å². The molecule has 4 rings (SSSR count). The Hall–Kier alpha value is -1.08. The molecule has 0 aromatic carbocycles. The summed E-state index contributed by atoms with van der Waals surface area (Å²) in [6.45, 7) is 2.48. The first-order valence-electron chi connectivity index (χ1n) is 9.48. The SMILES string of the molecule is CCC[C@H]1O[C@@H]2OC3(CCCCC3)O[C@@H]2[C@H]1OCc1occc1OC. The van der Waals surface area contributed by atoms with E-state index in [0.717, 1.165) is 38.5 Å². The molecule has 1 spiro atoms. The minimum absolute atomic E-state index is 0.0121. The Morgan fingerprint density at radius 3 is 2.80 bits per heavy atom. The second kappa shape index (κ2) is 7.27. The topological polar surface area (TPSA) is 59.3 Å². The van der Waals surface area contributed by atoms with E-state index in [-0.39, 0.29) is 24.6 Å². The van der Waals surface area contributed by atoms with Gasteiger partial charge in [-0.15, -0.1) is 0 Å². The van der Waals surface area contributed by atoms with E-state index >= 15 is 0 Å². The molecule has 140 valence electrons. The lowest BCUT2D eigenvalue weighted by atomic mass is 9.94. The zero-order chi connectivity index (χ0) is 17.3. The van der Waals surface area contributed by atoms with Gasteiger partial charge < -0.3 is 28.1 Å². The van der Waals surface area contributed by atoms with Crippen LogP contribution in [0, 0.1) is 0 Å². The van der Waals surface area contributed by atoms with Gasteiger partial charge in [0.2, 0.25) is 0 Å². The Bertz CT molecular complexity index is 564. The molecule has 0 N–H and O–H groups in total. The molecular weight excluding hydrogens is 324 g/mol. The molecule has 0 unspecified atom stereocenters. The molecule has 3 heterocycles. The fourth-order valence-electron chi connectivity index (χ4n) is 4.23. The molecule has 0 radical (unpaired) electrons. The summed E-state index contributed by atoms with van der Waals surface area (Å²) in [4.78, 5) is 0. The summed E-state index contributed by atoms with van der Waals surface area (Å²) in [5, 5.41) is 0. The molecule has 0 amide bonds. The van der Waals surface area contributed by atoms with Crippen LogP contribution in [0.3, 0.4) is 0 Å². The normalized spacial score (nSPS) is 33.7. The zero-order valence-corrected chi connectivity index (χ0v) is 15.1. The third kappa shape index (κ3) is 3.33. The molecule has 25 heavy (non-hydrogen) atoms. The van der Waals surface area contributed by atoms with E-state index in [4.69, 9.17) is 28.1 Å². The Labute approximate surface area is 148 Å². The van der Waals surface area contributed by atoms with Crippen molar-refractivity contribution in [1.82, 2.24) is 0 Å². The molecule has 1 aliphatic carbocycles. The summed E-state index contributed by atoms with van der Waals surface area (Å²) < 4.78 is 35.7. The molecular formula is C19H28O6. The largest absolute Gasteiger partial charge is 0.493 e. The van der Waals surface area contributed by atoms with E-state index in [1.54, 1.807) is 19.4 Å². The third-order valence-electron chi connectivity index (χ3n) is 5.47. The number of methoxy groups -OCH3 is 1. The number of ether oxygens (including phenoxy) is 5. The fraction of sp³-hybridized carbons (Fsp3) is 0.789. The van der Waals surface area contributed by atoms with Gasteiger partial charge in [0.05, 0.1) is 19.5 Å². The van der Waals surface area contributed by atoms with Crippen molar-refractivity contribution in [2.45, 2.75) is 88.9 Å². The molecule has 1 aromatic rings. The van der Waals surface area contributed by atoms with Crippen LogP contribution in [0.2, 0.25) is 0 Å². The first-order valence-corrected chi connectivity index (χ1v) is 9.48. The van der Waals surface area contributed by atoms with Crippen LogP contribution in [-0.2, 0) is 25.6 Å². The molecule has 6 nitrogen and oxygen atoms in total. The first-order chi connectivity index (χ1) is 12.2. The Morgan fingerprint density at radius 1 is 1.20 bits per heavy atom. The summed E-state index contributed by atoms with van der Waals surface area (Å²) in [7, 11) is 1.63. The fourth-order valence-corrected chi connectivity index (χ4v) is 4.23. The average molecular weight is 352 g/mol. The van der Waals surface area contributed by atoms with Gasteiger partial charge in [-0.3, -0.25) is 0 Å². The minimum Gasteiger partial charge on any atom is -0.493 e. The van der Waals surface area contributed by atoms with E-state index in [2.05, 4.69) is 6.92 Å². The van der Waals surface area contributed by atoms with Crippen molar-refractivity contribution in [3.63, 3.8) is 0 Å². The number of hydrogen-bond acceptors (Lipinski definition) is 6. The van der Waals surface area contributed by atoms with Crippen LogP contribution in [0.25, 0.3) is 0 Å². The standard InChI is InChI=1S/C19H28O6/c1-3-7-14-16(22-12-15-13(20-2)8-11-21-15)17-18(23-14)25-19(24-17)9-5-4-6-10-19/h8,11,14,16-18H,3-7,9-10,12H2,1-2H3/t14-,16+,17-,18-/m1/s1. The summed E-state index contributed by atoms with van der Waals surface area (Å²) in [5.74, 6) is 0.928. The molecule has 3 aliphatic rings. The third-order valence-corrected chi connectivity index (χ3v) is 5.47. The zero-order valence-electron chi connectivity index (χ0n) is 15.1. The molecule has 2 saturated heterocycles. The molecule has 2 aliphatic heterocycles. The summed E-state index contributed by atoms with van der Waals surface area (Å²) >= 11 is 0. The second-order valence-corrected chi connectivity index (χ2v) is 7.19.